The van der Waals surface area contributed by atoms with Crippen molar-refractivity contribution in [3.63, 3.8) is 0 Å². The number of benzene rings is 1. The van der Waals surface area contributed by atoms with E-state index < -0.39 is 12.1 Å². The van der Waals surface area contributed by atoms with Crippen LogP contribution in [0.25, 0.3) is 0 Å². The van der Waals surface area contributed by atoms with Gasteiger partial charge in [-0.25, -0.2) is 4.79 Å². The van der Waals surface area contributed by atoms with Crippen LogP contribution in [0.3, 0.4) is 0 Å². The van der Waals surface area contributed by atoms with Crippen LogP contribution in [-0.4, -0.2) is 28.4 Å². The van der Waals surface area contributed by atoms with Gasteiger partial charge in [-0.05, 0) is 24.6 Å². The molecule has 0 aliphatic rings. The van der Waals surface area contributed by atoms with E-state index in [1.54, 1.807) is 6.92 Å². The quantitative estimate of drug-likeness (QED) is 0.690. The van der Waals surface area contributed by atoms with Crippen molar-refractivity contribution in [2.75, 3.05) is 7.11 Å². The van der Waals surface area contributed by atoms with Gasteiger partial charge in [-0.3, -0.25) is 0 Å². The van der Waals surface area contributed by atoms with Crippen LogP contribution >= 0.6 is 0 Å². The highest BCUT2D eigenvalue weighted by Crippen LogP contribution is 2.31. The van der Waals surface area contributed by atoms with E-state index in [2.05, 4.69) is 0 Å². The summed E-state index contributed by atoms with van der Waals surface area (Å²) < 4.78 is 4.92. The van der Waals surface area contributed by atoms with Gasteiger partial charge in [0.15, 0.2) is 6.10 Å². The summed E-state index contributed by atoms with van der Waals surface area (Å²) >= 11 is 0. The van der Waals surface area contributed by atoms with Crippen molar-refractivity contribution in [3.8, 4) is 11.5 Å². The number of carboxylic acids is 1. The van der Waals surface area contributed by atoms with Crippen LogP contribution in [0.4, 0.5) is 0 Å². The van der Waals surface area contributed by atoms with Crippen LogP contribution in [0.5, 0.6) is 11.5 Å². The maximum atomic E-state index is 10.6. The average molecular weight is 212 g/mol. The highest BCUT2D eigenvalue weighted by Gasteiger charge is 2.21. The van der Waals surface area contributed by atoms with Crippen LogP contribution in [-0.2, 0) is 4.79 Å². The number of carboxylic acid groups (broad SMARTS) is 1. The van der Waals surface area contributed by atoms with Crippen LogP contribution in [0.2, 0.25) is 0 Å². The number of phenolic OH excluding ortho intramolecular Hbond substituents is 1. The second kappa shape index (κ2) is 4.18. The van der Waals surface area contributed by atoms with Gasteiger partial charge in [-0.1, -0.05) is 0 Å². The van der Waals surface area contributed by atoms with E-state index in [0.717, 1.165) is 0 Å². The Kier molecular flexibility index (Phi) is 3.16. The molecule has 0 saturated carbocycles. The summed E-state index contributed by atoms with van der Waals surface area (Å²) in [6.45, 7) is 1.65. The second-order valence-corrected chi connectivity index (χ2v) is 3.12. The Balaban J connectivity index is 3.27. The standard InChI is InChI=1S/C10H12O5/c1-5-3-8(15-2)6(4-7(5)11)9(12)10(13)14/h3-4,9,11-12H,1-2H3,(H,13,14). The van der Waals surface area contributed by atoms with Gasteiger partial charge in [0.05, 0.1) is 7.11 Å². The molecule has 0 radical (unpaired) electrons. The number of phenols is 1. The molecule has 0 amide bonds. The summed E-state index contributed by atoms with van der Waals surface area (Å²) in [6.07, 6.45) is -1.70. The van der Waals surface area contributed by atoms with Crippen molar-refractivity contribution in [1.29, 1.82) is 0 Å². The molecule has 5 heteroatoms. The summed E-state index contributed by atoms with van der Waals surface area (Å²) in [5.41, 5.74) is 0.585. The molecule has 0 aromatic heterocycles. The lowest BCUT2D eigenvalue weighted by Gasteiger charge is -2.13. The zero-order valence-corrected chi connectivity index (χ0v) is 8.39. The summed E-state index contributed by atoms with van der Waals surface area (Å²) in [4.78, 5) is 10.6. The molecule has 1 rings (SSSR count). The van der Waals surface area contributed by atoms with Crippen molar-refractivity contribution in [3.05, 3.63) is 23.3 Å². The summed E-state index contributed by atoms with van der Waals surface area (Å²) in [6, 6.07) is 2.66. The third-order valence-corrected chi connectivity index (χ3v) is 2.08. The van der Waals surface area contributed by atoms with E-state index in [1.165, 1.54) is 19.2 Å². The first kappa shape index (κ1) is 11.3. The van der Waals surface area contributed by atoms with Crippen LogP contribution in [0, 0.1) is 6.92 Å². The number of hydrogen-bond donors (Lipinski definition) is 3. The molecule has 0 aliphatic carbocycles. The van der Waals surface area contributed by atoms with Gasteiger partial charge in [-0.2, -0.15) is 0 Å². The zero-order chi connectivity index (χ0) is 11.6. The molecule has 3 N–H and O–H groups in total. The summed E-state index contributed by atoms with van der Waals surface area (Å²) in [5.74, 6) is -1.23. The Morgan fingerprint density at radius 3 is 2.53 bits per heavy atom. The van der Waals surface area contributed by atoms with Crippen molar-refractivity contribution in [2.24, 2.45) is 0 Å². The van der Waals surface area contributed by atoms with Crippen LogP contribution in [0.1, 0.15) is 17.2 Å². The molecule has 0 bridgehead atoms. The molecule has 1 aromatic carbocycles. The number of aliphatic carboxylic acids is 1. The molecule has 0 spiro atoms. The van der Waals surface area contributed by atoms with E-state index in [-0.39, 0.29) is 17.1 Å². The minimum absolute atomic E-state index is 0.0353. The number of rotatable bonds is 3. The molecule has 15 heavy (non-hydrogen) atoms. The Morgan fingerprint density at radius 2 is 2.07 bits per heavy atom. The van der Waals surface area contributed by atoms with Gasteiger partial charge < -0.3 is 20.1 Å². The van der Waals surface area contributed by atoms with Crippen molar-refractivity contribution in [2.45, 2.75) is 13.0 Å². The molecule has 82 valence electrons. The lowest BCUT2D eigenvalue weighted by molar-refractivity contribution is -0.147. The zero-order valence-electron chi connectivity index (χ0n) is 8.39. The summed E-state index contributed by atoms with van der Waals surface area (Å²) in [7, 11) is 1.36. The lowest BCUT2D eigenvalue weighted by Crippen LogP contribution is -2.11. The lowest BCUT2D eigenvalue weighted by atomic mass is 10.0. The number of aliphatic hydroxyl groups excluding tert-OH is 1. The predicted molar refractivity (Wildman–Crippen MR) is 52.0 cm³/mol. The smallest absolute Gasteiger partial charge is 0.337 e. The molecular formula is C10H12O5. The van der Waals surface area contributed by atoms with Gasteiger partial charge >= 0.3 is 5.97 Å². The number of aryl methyl sites for hydroxylation is 1. The van der Waals surface area contributed by atoms with Gasteiger partial charge in [0.1, 0.15) is 11.5 Å². The van der Waals surface area contributed by atoms with E-state index in [9.17, 15) is 15.0 Å². The Bertz CT molecular complexity index is 386. The molecule has 0 saturated heterocycles. The molecule has 5 nitrogen and oxygen atoms in total. The minimum atomic E-state index is -1.70. The maximum Gasteiger partial charge on any atom is 0.337 e. The Hall–Kier alpha value is -1.75. The van der Waals surface area contributed by atoms with Crippen molar-refractivity contribution >= 4 is 5.97 Å². The monoisotopic (exact) mass is 212 g/mol. The topological polar surface area (TPSA) is 87.0 Å². The predicted octanol–water partition coefficient (Wildman–Crippen LogP) is 0.827. The van der Waals surface area contributed by atoms with Gasteiger partial charge in [0.25, 0.3) is 0 Å². The number of aliphatic hydroxyl groups is 1. The largest absolute Gasteiger partial charge is 0.508 e. The summed E-state index contributed by atoms with van der Waals surface area (Å²) in [5, 5.41) is 27.4. The highest BCUT2D eigenvalue weighted by atomic mass is 16.5. The Labute approximate surface area is 86.5 Å². The first-order valence-electron chi connectivity index (χ1n) is 4.25. The molecule has 0 heterocycles. The number of aromatic hydroxyl groups is 1. The fraction of sp³-hybridized carbons (Fsp3) is 0.300. The van der Waals surface area contributed by atoms with Crippen LogP contribution < -0.4 is 4.74 Å². The van der Waals surface area contributed by atoms with E-state index in [1.807, 2.05) is 0 Å². The van der Waals surface area contributed by atoms with Crippen molar-refractivity contribution < 1.29 is 24.9 Å². The molecule has 1 unspecified atom stereocenters. The Morgan fingerprint density at radius 1 is 1.47 bits per heavy atom. The fourth-order valence-electron chi connectivity index (χ4n) is 1.21. The number of carbonyl (C=O) groups is 1. The average Bonchev–Trinajstić information content (AvgIpc) is 2.20. The van der Waals surface area contributed by atoms with Crippen LogP contribution in [0.15, 0.2) is 12.1 Å². The number of methoxy groups -OCH3 is 1. The molecular weight excluding hydrogens is 200 g/mol. The van der Waals surface area contributed by atoms with Gasteiger partial charge in [0.2, 0.25) is 0 Å². The first-order valence-corrected chi connectivity index (χ1v) is 4.25. The van der Waals surface area contributed by atoms with Gasteiger partial charge in [-0.15, -0.1) is 0 Å². The number of hydrogen-bond acceptors (Lipinski definition) is 4. The van der Waals surface area contributed by atoms with E-state index in [4.69, 9.17) is 9.84 Å². The van der Waals surface area contributed by atoms with Crippen molar-refractivity contribution in [1.82, 2.24) is 0 Å². The van der Waals surface area contributed by atoms with Gasteiger partial charge in [0, 0.05) is 5.56 Å². The second-order valence-electron chi connectivity index (χ2n) is 3.12. The van der Waals surface area contributed by atoms with E-state index >= 15 is 0 Å². The minimum Gasteiger partial charge on any atom is -0.508 e. The first-order chi connectivity index (χ1) is 6.97. The van der Waals surface area contributed by atoms with E-state index in [0.29, 0.717) is 5.56 Å². The molecule has 0 fully saturated rings. The maximum absolute atomic E-state index is 10.6. The highest BCUT2D eigenvalue weighted by molar-refractivity contribution is 5.75. The molecule has 0 aliphatic heterocycles. The fourth-order valence-corrected chi connectivity index (χ4v) is 1.21. The normalized spacial score (nSPS) is 12.2. The third kappa shape index (κ3) is 2.19. The SMILES string of the molecule is COc1cc(C)c(O)cc1C(O)C(=O)O. The number of ether oxygens (including phenoxy) is 1. The molecule has 1 aromatic rings. The molecule has 1 atom stereocenters. The third-order valence-electron chi connectivity index (χ3n) is 2.08.